The monoisotopic (exact) mass is 260 g/mol. The molecule has 0 bridgehead atoms. The first-order chi connectivity index (χ1) is 8.99. The van der Waals surface area contributed by atoms with Crippen molar-refractivity contribution in [3.8, 4) is 0 Å². The second-order valence-corrected chi connectivity index (χ2v) is 6.24. The van der Waals surface area contributed by atoms with Gasteiger partial charge in [-0.3, -0.25) is 0 Å². The number of hydrogen-bond donors (Lipinski definition) is 0. The summed E-state index contributed by atoms with van der Waals surface area (Å²) in [5.74, 6) is 0.492. The molecule has 104 valence electrons. The van der Waals surface area contributed by atoms with Crippen molar-refractivity contribution < 1.29 is 9.47 Å². The van der Waals surface area contributed by atoms with Crippen molar-refractivity contribution in [1.29, 1.82) is 0 Å². The molecule has 1 aromatic rings. The Labute approximate surface area is 116 Å². The maximum atomic E-state index is 6.08. The van der Waals surface area contributed by atoms with E-state index in [0.717, 1.165) is 6.61 Å². The zero-order valence-corrected chi connectivity index (χ0v) is 12.3. The van der Waals surface area contributed by atoms with Gasteiger partial charge in [-0.25, -0.2) is 0 Å². The van der Waals surface area contributed by atoms with E-state index >= 15 is 0 Å². The molecule has 0 N–H and O–H groups in total. The van der Waals surface area contributed by atoms with Crippen LogP contribution in [0.25, 0.3) is 6.08 Å². The molecule has 0 unspecified atom stereocenters. The van der Waals surface area contributed by atoms with Crippen LogP contribution in [-0.4, -0.2) is 19.0 Å². The topological polar surface area (TPSA) is 18.5 Å². The normalized spacial score (nSPS) is 27.0. The zero-order chi connectivity index (χ0) is 13.9. The number of benzene rings is 1. The summed E-state index contributed by atoms with van der Waals surface area (Å²) in [6.07, 6.45) is 4.05. The van der Waals surface area contributed by atoms with Crippen LogP contribution in [0.15, 0.2) is 36.4 Å². The Morgan fingerprint density at radius 2 is 1.89 bits per heavy atom. The summed E-state index contributed by atoms with van der Waals surface area (Å²) in [7, 11) is 0. The lowest BCUT2D eigenvalue weighted by atomic mass is 9.80. The SMILES string of the molecule is CC(C)[C@@H]1O[C@@H](/C=C\c2ccccc2)OCC1(C)C. The van der Waals surface area contributed by atoms with E-state index < -0.39 is 0 Å². The van der Waals surface area contributed by atoms with E-state index in [1.807, 2.05) is 24.3 Å². The Morgan fingerprint density at radius 1 is 1.21 bits per heavy atom. The Morgan fingerprint density at radius 3 is 2.53 bits per heavy atom. The van der Waals surface area contributed by atoms with E-state index in [1.54, 1.807) is 0 Å². The highest BCUT2D eigenvalue weighted by molar-refractivity contribution is 5.49. The van der Waals surface area contributed by atoms with Gasteiger partial charge in [-0.1, -0.05) is 64.1 Å². The Kier molecular flexibility index (Phi) is 4.43. The molecular weight excluding hydrogens is 236 g/mol. The third-order valence-corrected chi connectivity index (χ3v) is 3.52. The predicted molar refractivity (Wildman–Crippen MR) is 78.7 cm³/mol. The van der Waals surface area contributed by atoms with Crippen molar-refractivity contribution in [1.82, 2.24) is 0 Å². The van der Waals surface area contributed by atoms with E-state index in [2.05, 4.69) is 45.9 Å². The van der Waals surface area contributed by atoms with Gasteiger partial charge < -0.3 is 9.47 Å². The molecule has 0 aliphatic carbocycles. The van der Waals surface area contributed by atoms with Crippen LogP contribution >= 0.6 is 0 Å². The van der Waals surface area contributed by atoms with E-state index in [-0.39, 0.29) is 17.8 Å². The third kappa shape index (κ3) is 3.68. The summed E-state index contributed by atoms with van der Waals surface area (Å²) in [5, 5.41) is 0. The molecule has 1 aliphatic rings. The smallest absolute Gasteiger partial charge is 0.177 e. The predicted octanol–water partition coefficient (Wildman–Crippen LogP) is 4.12. The molecule has 0 aromatic heterocycles. The minimum atomic E-state index is -0.236. The molecule has 1 heterocycles. The van der Waals surface area contributed by atoms with Crippen molar-refractivity contribution in [2.24, 2.45) is 11.3 Å². The Balaban J connectivity index is 2.02. The highest BCUT2D eigenvalue weighted by Crippen LogP contribution is 2.34. The molecule has 1 aromatic carbocycles. The van der Waals surface area contributed by atoms with Gasteiger partial charge in [-0.05, 0) is 17.6 Å². The fourth-order valence-electron chi connectivity index (χ4n) is 2.66. The van der Waals surface area contributed by atoms with Gasteiger partial charge in [0.05, 0.1) is 12.7 Å². The van der Waals surface area contributed by atoms with Gasteiger partial charge in [0.15, 0.2) is 6.29 Å². The molecule has 2 rings (SSSR count). The highest BCUT2D eigenvalue weighted by atomic mass is 16.7. The van der Waals surface area contributed by atoms with Gasteiger partial charge in [0.1, 0.15) is 0 Å². The van der Waals surface area contributed by atoms with Crippen molar-refractivity contribution in [3.05, 3.63) is 42.0 Å². The molecule has 1 saturated heterocycles. The number of ether oxygens (including phenoxy) is 2. The molecule has 0 radical (unpaired) electrons. The van der Waals surface area contributed by atoms with Gasteiger partial charge >= 0.3 is 0 Å². The lowest BCUT2D eigenvalue weighted by Gasteiger charge is -2.43. The summed E-state index contributed by atoms with van der Waals surface area (Å²) in [5.41, 5.74) is 1.24. The average Bonchev–Trinajstić information content (AvgIpc) is 2.38. The fraction of sp³-hybridized carbons (Fsp3) is 0.529. The van der Waals surface area contributed by atoms with Gasteiger partial charge in [0, 0.05) is 5.41 Å². The van der Waals surface area contributed by atoms with Crippen LogP contribution in [-0.2, 0) is 9.47 Å². The van der Waals surface area contributed by atoms with Crippen molar-refractivity contribution in [3.63, 3.8) is 0 Å². The van der Waals surface area contributed by atoms with E-state index in [9.17, 15) is 0 Å². The fourth-order valence-corrected chi connectivity index (χ4v) is 2.66. The summed E-state index contributed by atoms with van der Waals surface area (Å²) in [4.78, 5) is 0. The van der Waals surface area contributed by atoms with Crippen LogP contribution in [0.4, 0.5) is 0 Å². The van der Waals surface area contributed by atoms with E-state index in [4.69, 9.17) is 9.47 Å². The summed E-state index contributed by atoms with van der Waals surface area (Å²) in [6.45, 7) is 9.55. The first-order valence-electron chi connectivity index (χ1n) is 6.99. The molecular formula is C17H24O2. The lowest BCUT2D eigenvalue weighted by Crippen LogP contribution is -2.47. The van der Waals surface area contributed by atoms with Gasteiger partial charge in [0.2, 0.25) is 0 Å². The van der Waals surface area contributed by atoms with E-state index in [0.29, 0.717) is 5.92 Å². The molecule has 19 heavy (non-hydrogen) atoms. The first-order valence-corrected chi connectivity index (χ1v) is 6.99. The number of rotatable bonds is 3. The zero-order valence-electron chi connectivity index (χ0n) is 12.3. The number of hydrogen-bond acceptors (Lipinski definition) is 2. The summed E-state index contributed by atoms with van der Waals surface area (Å²) >= 11 is 0. The summed E-state index contributed by atoms with van der Waals surface area (Å²) in [6, 6.07) is 10.2. The lowest BCUT2D eigenvalue weighted by molar-refractivity contribution is -0.249. The van der Waals surface area contributed by atoms with Crippen molar-refractivity contribution in [2.45, 2.75) is 40.1 Å². The summed E-state index contributed by atoms with van der Waals surface area (Å²) < 4.78 is 11.9. The third-order valence-electron chi connectivity index (χ3n) is 3.52. The Hall–Kier alpha value is -1.12. The van der Waals surface area contributed by atoms with Crippen LogP contribution in [0, 0.1) is 11.3 Å². The molecule has 2 heteroatoms. The van der Waals surface area contributed by atoms with Gasteiger partial charge in [-0.2, -0.15) is 0 Å². The quantitative estimate of drug-likeness (QED) is 0.813. The highest BCUT2D eigenvalue weighted by Gasteiger charge is 2.39. The van der Waals surface area contributed by atoms with Crippen molar-refractivity contribution in [2.75, 3.05) is 6.61 Å². The van der Waals surface area contributed by atoms with Crippen molar-refractivity contribution >= 4 is 6.08 Å². The van der Waals surface area contributed by atoms with Crippen LogP contribution in [0.3, 0.4) is 0 Å². The second-order valence-electron chi connectivity index (χ2n) is 6.24. The Bertz CT molecular complexity index is 420. The molecule has 1 aliphatic heterocycles. The molecule has 0 spiro atoms. The van der Waals surface area contributed by atoms with Crippen LogP contribution in [0.2, 0.25) is 0 Å². The molecule has 0 saturated carbocycles. The minimum Gasteiger partial charge on any atom is -0.348 e. The van der Waals surface area contributed by atoms with Gasteiger partial charge in [-0.15, -0.1) is 0 Å². The van der Waals surface area contributed by atoms with Crippen LogP contribution in [0.5, 0.6) is 0 Å². The standard InChI is InChI=1S/C17H24O2/c1-13(2)16-17(3,4)12-18-15(19-16)11-10-14-8-6-5-7-9-14/h5-11,13,15-16H,12H2,1-4H3/b11-10-/t15-,16-/m0/s1. The average molecular weight is 260 g/mol. The molecule has 1 fully saturated rings. The maximum Gasteiger partial charge on any atom is 0.177 e. The molecule has 0 amide bonds. The van der Waals surface area contributed by atoms with Crippen LogP contribution < -0.4 is 0 Å². The van der Waals surface area contributed by atoms with Crippen LogP contribution in [0.1, 0.15) is 33.3 Å². The van der Waals surface area contributed by atoms with E-state index in [1.165, 1.54) is 5.56 Å². The maximum absolute atomic E-state index is 6.08. The van der Waals surface area contributed by atoms with Gasteiger partial charge in [0.25, 0.3) is 0 Å². The first kappa shape index (κ1) is 14.3. The molecule has 2 atom stereocenters. The largest absolute Gasteiger partial charge is 0.348 e. The second kappa shape index (κ2) is 5.89. The molecule has 2 nitrogen and oxygen atoms in total. The minimum absolute atomic E-state index is 0.0747.